The van der Waals surface area contributed by atoms with Crippen molar-refractivity contribution in [1.29, 1.82) is 0 Å². The van der Waals surface area contributed by atoms with E-state index in [1.807, 2.05) is 13.8 Å². The summed E-state index contributed by atoms with van der Waals surface area (Å²) >= 11 is 1.81. The minimum Gasteiger partial charge on any atom is -0.356 e. The molecule has 0 saturated heterocycles. The number of carbonyl (C=O) groups is 1. The van der Waals surface area contributed by atoms with Crippen molar-refractivity contribution in [2.75, 3.05) is 25.1 Å². The van der Waals surface area contributed by atoms with Crippen LogP contribution in [-0.4, -0.2) is 31.0 Å². The maximum Gasteiger partial charge on any atom is 0.224 e. The Morgan fingerprint density at radius 2 is 2.00 bits per heavy atom. The van der Waals surface area contributed by atoms with Crippen molar-refractivity contribution in [1.82, 2.24) is 5.32 Å². The van der Waals surface area contributed by atoms with Gasteiger partial charge in [-0.15, -0.1) is 0 Å². The van der Waals surface area contributed by atoms with Crippen molar-refractivity contribution < 1.29 is 4.79 Å². The summed E-state index contributed by atoms with van der Waals surface area (Å²) in [5.41, 5.74) is 5.57. The van der Waals surface area contributed by atoms with Gasteiger partial charge in [-0.2, -0.15) is 11.8 Å². The number of hydrogen-bond donors (Lipinski definition) is 2. The Morgan fingerprint density at radius 3 is 2.40 bits per heavy atom. The van der Waals surface area contributed by atoms with E-state index in [-0.39, 0.29) is 11.8 Å². The van der Waals surface area contributed by atoms with Gasteiger partial charge in [0.25, 0.3) is 0 Å². The Labute approximate surface area is 97.6 Å². The quantitative estimate of drug-likeness (QED) is 0.696. The molecular weight excluding hydrogens is 208 g/mol. The van der Waals surface area contributed by atoms with Gasteiger partial charge in [0.15, 0.2) is 0 Å². The summed E-state index contributed by atoms with van der Waals surface area (Å²) in [7, 11) is 0. The zero-order chi connectivity index (χ0) is 11.8. The first-order chi connectivity index (χ1) is 7.02. The van der Waals surface area contributed by atoms with E-state index in [0.29, 0.717) is 18.4 Å². The summed E-state index contributed by atoms with van der Waals surface area (Å²) in [6.07, 6.45) is 2.08. The molecular formula is C11H24N2OS. The Balaban J connectivity index is 3.90. The molecule has 0 spiro atoms. The molecule has 2 atom stereocenters. The first-order valence-corrected chi connectivity index (χ1v) is 6.89. The van der Waals surface area contributed by atoms with Crippen molar-refractivity contribution in [3.63, 3.8) is 0 Å². The zero-order valence-electron chi connectivity index (χ0n) is 10.2. The van der Waals surface area contributed by atoms with Gasteiger partial charge in [-0.05, 0) is 23.8 Å². The monoisotopic (exact) mass is 232 g/mol. The average molecular weight is 232 g/mol. The van der Waals surface area contributed by atoms with Crippen LogP contribution in [0.1, 0.15) is 20.8 Å². The molecule has 0 rings (SSSR count). The summed E-state index contributed by atoms with van der Waals surface area (Å²) in [4.78, 5) is 11.7. The Bertz CT molecular complexity index is 185. The van der Waals surface area contributed by atoms with Crippen LogP contribution in [0.4, 0.5) is 0 Å². The number of hydrogen-bond acceptors (Lipinski definition) is 3. The molecule has 2 unspecified atom stereocenters. The minimum atomic E-state index is -0.0496. The number of carbonyl (C=O) groups excluding carboxylic acids is 1. The fraction of sp³-hybridized carbons (Fsp3) is 0.909. The number of nitrogens with two attached hydrogens (primary N) is 1. The van der Waals surface area contributed by atoms with E-state index in [4.69, 9.17) is 5.73 Å². The summed E-state index contributed by atoms with van der Waals surface area (Å²) in [5, 5.41) is 2.97. The topological polar surface area (TPSA) is 55.1 Å². The molecule has 0 aromatic carbocycles. The first kappa shape index (κ1) is 14.8. The third-order valence-electron chi connectivity index (χ3n) is 2.47. The van der Waals surface area contributed by atoms with Crippen molar-refractivity contribution in [3.05, 3.63) is 0 Å². The smallest absolute Gasteiger partial charge is 0.224 e. The second kappa shape index (κ2) is 7.99. The van der Waals surface area contributed by atoms with Crippen LogP contribution < -0.4 is 11.1 Å². The Hall–Kier alpha value is -0.220. The largest absolute Gasteiger partial charge is 0.356 e. The van der Waals surface area contributed by atoms with Gasteiger partial charge < -0.3 is 11.1 Å². The van der Waals surface area contributed by atoms with Gasteiger partial charge in [-0.1, -0.05) is 20.8 Å². The molecule has 0 aromatic rings. The fourth-order valence-electron chi connectivity index (χ4n) is 1.43. The Kier molecular flexibility index (Phi) is 7.88. The van der Waals surface area contributed by atoms with Crippen LogP contribution in [0.2, 0.25) is 0 Å². The van der Waals surface area contributed by atoms with E-state index in [1.165, 1.54) is 0 Å². The molecule has 0 aliphatic heterocycles. The number of nitrogens with one attached hydrogen (secondary N) is 1. The van der Waals surface area contributed by atoms with E-state index in [0.717, 1.165) is 12.3 Å². The van der Waals surface area contributed by atoms with Crippen LogP contribution in [0.25, 0.3) is 0 Å². The molecule has 1 amide bonds. The zero-order valence-corrected chi connectivity index (χ0v) is 11.1. The maximum atomic E-state index is 11.7. The van der Waals surface area contributed by atoms with Crippen molar-refractivity contribution in [3.8, 4) is 0 Å². The highest BCUT2D eigenvalue weighted by Gasteiger charge is 2.20. The third-order valence-corrected chi connectivity index (χ3v) is 3.37. The lowest BCUT2D eigenvalue weighted by Gasteiger charge is -2.19. The molecule has 3 nitrogen and oxygen atoms in total. The molecule has 0 heterocycles. The van der Waals surface area contributed by atoms with Crippen LogP contribution in [0, 0.1) is 17.8 Å². The van der Waals surface area contributed by atoms with Gasteiger partial charge in [0.1, 0.15) is 0 Å². The van der Waals surface area contributed by atoms with Crippen molar-refractivity contribution in [2.45, 2.75) is 20.8 Å². The molecule has 0 bridgehead atoms. The minimum absolute atomic E-state index is 0.0496. The second-order valence-corrected chi connectivity index (χ2v) is 5.30. The van der Waals surface area contributed by atoms with Crippen molar-refractivity contribution in [2.24, 2.45) is 23.5 Å². The highest BCUT2D eigenvalue weighted by Crippen LogP contribution is 2.09. The van der Waals surface area contributed by atoms with Crippen LogP contribution in [-0.2, 0) is 4.79 Å². The molecule has 0 aliphatic carbocycles. The standard InChI is InChI=1S/C11H24N2OS/c1-8(2)10(5-12)11(14)13-6-9(3)7-15-4/h8-10H,5-7,12H2,1-4H3,(H,13,14). The molecule has 0 aliphatic rings. The predicted octanol–water partition coefficient (Wildman–Crippen LogP) is 1.33. The van der Waals surface area contributed by atoms with Gasteiger partial charge in [0.05, 0.1) is 5.92 Å². The number of rotatable bonds is 7. The van der Waals surface area contributed by atoms with Gasteiger partial charge in [-0.25, -0.2) is 0 Å². The molecule has 0 aromatic heterocycles. The fourth-order valence-corrected chi connectivity index (χ4v) is 2.12. The molecule has 15 heavy (non-hydrogen) atoms. The third kappa shape index (κ3) is 6.05. The number of thioether (sulfide) groups is 1. The maximum absolute atomic E-state index is 11.7. The molecule has 3 N–H and O–H groups in total. The van der Waals surface area contributed by atoms with Crippen molar-refractivity contribution >= 4 is 17.7 Å². The van der Waals surface area contributed by atoms with Crippen LogP contribution in [0.15, 0.2) is 0 Å². The summed E-state index contributed by atoms with van der Waals surface area (Å²) in [6.45, 7) is 7.39. The SMILES string of the molecule is CSCC(C)CNC(=O)C(CN)C(C)C. The lowest BCUT2D eigenvalue weighted by atomic mass is 9.95. The normalized spacial score (nSPS) is 15.1. The second-order valence-electron chi connectivity index (χ2n) is 4.39. The summed E-state index contributed by atoms with van der Waals surface area (Å²) in [5.74, 6) is 1.96. The highest BCUT2D eigenvalue weighted by atomic mass is 32.2. The van der Waals surface area contributed by atoms with E-state index >= 15 is 0 Å². The summed E-state index contributed by atoms with van der Waals surface area (Å²) in [6, 6.07) is 0. The average Bonchev–Trinajstić information content (AvgIpc) is 2.15. The van der Waals surface area contributed by atoms with Gasteiger partial charge in [-0.3, -0.25) is 4.79 Å². The van der Waals surface area contributed by atoms with Gasteiger partial charge in [0.2, 0.25) is 5.91 Å². The van der Waals surface area contributed by atoms with Gasteiger partial charge >= 0.3 is 0 Å². The molecule has 0 radical (unpaired) electrons. The summed E-state index contributed by atoms with van der Waals surface area (Å²) < 4.78 is 0. The van der Waals surface area contributed by atoms with Crippen LogP contribution in [0.5, 0.6) is 0 Å². The van der Waals surface area contributed by atoms with Crippen LogP contribution >= 0.6 is 11.8 Å². The highest BCUT2D eigenvalue weighted by molar-refractivity contribution is 7.98. The molecule has 0 fully saturated rings. The predicted molar refractivity (Wildman–Crippen MR) is 67.9 cm³/mol. The van der Waals surface area contributed by atoms with E-state index < -0.39 is 0 Å². The van der Waals surface area contributed by atoms with E-state index in [2.05, 4.69) is 18.5 Å². The molecule has 0 saturated carbocycles. The van der Waals surface area contributed by atoms with E-state index in [1.54, 1.807) is 11.8 Å². The van der Waals surface area contributed by atoms with E-state index in [9.17, 15) is 4.79 Å². The Morgan fingerprint density at radius 1 is 1.40 bits per heavy atom. The lowest BCUT2D eigenvalue weighted by molar-refractivity contribution is -0.126. The molecule has 4 heteroatoms. The van der Waals surface area contributed by atoms with Crippen LogP contribution in [0.3, 0.4) is 0 Å². The van der Waals surface area contributed by atoms with Gasteiger partial charge in [0, 0.05) is 13.1 Å². The number of amides is 1. The first-order valence-electron chi connectivity index (χ1n) is 5.49. The lowest BCUT2D eigenvalue weighted by Crippen LogP contribution is -2.39. The molecule has 90 valence electrons.